The molecule has 5 heteroatoms. The van der Waals surface area contributed by atoms with Crippen molar-refractivity contribution in [1.29, 1.82) is 0 Å². The Labute approximate surface area is 156 Å². The van der Waals surface area contributed by atoms with E-state index in [0.29, 0.717) is 32.7 Å². The van der Waals surface area contributed by atoms with Gasteiger partial charge in [0.05, 0.1) is 12.0 Å². The van der Waals surface area contributed by atoms with Crippen LogP contribution < -0.4 is 0 Å². The number of hydrogen-bond donors (Lipinski definition) is 0. The minimum Gasteiger partial charge on any atom is -0.383 e. The van der Waals surface area contributed by atoms with Gasteiger partial charge >= 0.3 is 0 Å². The molecule has 0 bridgehead atoms. The Morgan fingerprint density at radius 1 is 1.19 bits per heavy atom. The zero-order valence-corrected chi connectivity index (χ0v) is 15.8. The van der Waals surface area contributed by atoms with E-state index >= 15 is 0 Å². The molecule has 0 N–H and O–H groups in total. The van der Waals surface area contributed by atoms with E-state index in [1.807, 2.05) is 28.0 Å². The van der Waals surface area contributed by atoms with Gasteiger partial charge in [0.25, 0.3) is 0 Å². The van der Waals surface area contributed by atoms with E-state index in [2.05, 4.69) is 12.1 Å². The number of aryl methyl sites for hydroxylation is 1. The molecule has 5 nitrogen and oxygen atoms in total. The van der Waals surface area contributed by atoms with Crippen molar-refractivity contribution in [1.82, 2.24) is 9.80 Å². The van der Waals surface area contributed by atoms with Crippen molar-refractivity contribution in [2.24, 2.45) is 5.41 Å². The monoisotopic (exact) mass is 358 g/mol. The van der Waals surface area contributed by atoms with Crippen molar-refractivity contribution < 1.29 is 14.3 Å². The lowest BCUT2D eigenvalue weighted by Crippen LogP contribution is -2.51. The summed E-state index contributed by atoms with van der Waals surface area (Å²) in [7, 11) is 1.66. The molecule has 2 saturated heterocycles. The van der Waals surface area contributed by atoms with Crippen molar-refractivity contribution in [3.05, 3.63) is 35.9 Å². The summed E-state index contributed by atoms with van der Waals surface area (Å²) in [6.45, 7) is 3.36. The average Bonchev–Trinajstić information content (AvgIpc) is 3.09. The maximum atomic E-state index is 13.0. The van der Waals surface area contributed by atoms with Crippen LogP contribution >= 0.6 is 0 Å². The number of carbonyl (C=O) groups is 2. The Morgan fingerprint density at radius 2 is 2.00 bits per heavy atom. The first-order chi connectivity index (χ1) is 12.6. The number of benzene rings is 1. The van der Waals surface area contributed by atoms with Gasteiger partial charge in [0.1, 0.15) is 0 Å². The first-order valence-corrected chi connectivity index (χ1v) is 9.75. The Bertz CT molecular complexity index is 619. The Hall–Kier alpha value is -1.88. The highest BCUT2D eigenvalue weighted by Crippen LogP contribution is 2.40. The van der Waals surface area contributed by atoms with E-state index in [1.54, 1.807) is 7.11 Å². The number of ether oxygens (including phenoxy) is 1. The number of likely N-dealkylation sites (tertiary alicyclic amines) is 2. The summed E-state index contributed by atoms with van der Waals surface area (Å²) in [5.74, 6) is 0.417. The topological polar surface area (TPSA) is 49.9 Å². The van der Waals surface area contributed by atoms with Crippen LogP contribution in [0.1, 0.15) is 37.7 Å². The molecule has 0 aromatic heterocycles. The second-order valence-electron chi connectivity index (χ2n) is 7.57. The largest absolute Gasteiger partial charge is 0.383 e. The summed E-state index contributed by atoms with van der Waals surface area (Å²) in [6.07, 6.45) is 5.08. The molecule has 2 heterocycles. The van der Waals surface area contributed by atoms with Crippen LogP contribution in [0.3, 0.4) is 0 Å². The summed E-state index contributed by atoms with van der Waals surface area (Å²) >= 11 is 0. The highest BCUT2D eigenvalue weighted by molar-refractivity contribution is 5.86. The summed E-state index contributed by atoms with van der Waals surface area (Å²) in [6, 6.07) is 10.3. The number of carbonyl (C=O) groups excluding carboxylic acids is 2. The third-order valence-electron chi connectivity index (χ3n) is 5.80. The van der Waals surface area contributed by atoms with Crippen molar-refractivity contribution in [2.45, 2.75) is 38.5 Å². The predicted octanol–water partition coefficient (Wildman–Crippen LogP) is 2.50. The molecule has 0 unspecified atom stereocenters. The zero-order valence-electron chi connectivity index (χ0n) is 15.8. The van der Waals surface area contributed by atoms with Crippen molar-refractivity contribution in [3.63, 3.8) is 0 Å². The SMILES string of the molecule is COCCN1CCC[C@]2(CCN(C(=O)CCCc3ccccc3)C2)C1=O. The number of methoxy groups -OCH3 is 1. The van der Waals surface area contributed by atoms with E-state index in [1.165, 1.54) is 5.56 Å². The van der Waals surface area contributed by atoms with Crippen molar-refractivity contribution >= 4 is 11.8 Å². The second kappa shape index (κ2) is 8.67. The molecule has 1 aromatic carbocycles. The predicted molar refractivity (Wildman–Crippen MR) is 101 cm³/mol. The fourth-order valence-electron chi connectivity index (χ4n) is 4.28. The standard InChI is InChI=1S/C21H30N2O3/c1-26-16-15-22-13-6-11-21(20(22)25)12-14-23(17-21)19(24)10-5-9-18-7-3-2-4-8-18/h2-4,7-8H,5-6,9-17H2,1H3/t21-/m1/s1. The van der Waals surface area contributed by atoms with Crippen LogP contribution in [0, 0.1) is 5.41 Å². The average molecular weight is 358 g/mol. The molecular weight excluding hydrogens is 328 g/mol. The number of amides is 2. The van der Waals surface area contributed by atoms with Gasteiger partial charge in [-0.2, -0.15) is 0 Å². The lowest BCUT2D eigenvalue weighted by Gasteiger charge is -2.39. The lowest BCUT2D eigenvalue weighted by molar-refractivity contribution is -0.146. The molecule has 2 fully saturated rings. The molecule has 26 heavy (non-hydrogen) atoms. The Balaban J connectivity index is 1.50. The molecular formula is C21H30N2O3. The molecule has 2 aliphatic rings. The van der Waals surface area contributed by atoms with Crippen molar-refractivity contribution in [3.8, 4) is 0 Å². The van der Waals surface area contributed by atoms with Gasteiger partial charge in [-0.1, -0.05) is 30.3 Å². The fourth-order valence-corrected chi connectivity index (χ4v) is 4.28. The van der Waals surface area contributed by atoms with Crippen LogP contribution in [0.4, 0.5) is 0 Å². The maximum Gasteiger partial charge on any atom is 0.230 e. The minimum atomic E-state index is -0.346. The third kappa shape index (κ3) is 4.26. The van der Waals surface area contributed by atoms with E-state index in [0.717, 1.165) is 38.6 Å². The molecule has 1 aromatic rings. The number of hydrogen-bond acceptors (Lipinski definition) is 3. The van der Waals surface area contributed by atoms with Crippen molar-refractivity contribution in [2.75, 3.05) is 39.9 Å². The van der Waals surface area contributed by atoms with Crippen LogP contribution in [-0.2, 0) is 20.7 Å². The molecule has 0 aliphatic carbocycles. The molecule has 2 aliphatic heterocycles. The second-order valence-corrected chi connectivity index (χ2v) is 7.57. The molecule has 0 radical (unpaired) electrons. The molecule has 3 rings (SSSR count). The number of piperidine rings is 1. The Kier molecular flexibility index (Phi) is 6.30. The van der Waals surface area contributed by atoms with Gasteiger partial charge in [-0.05, 0) is 37.7 Å². The van der Waals surface area contributed by atoms with E-state index < -0.39 is 0 Å². The first kappa shape index (κ1) is 18.9. The molecule has 1 spiro atoms. The van der Waals surface area contributed by atoms with E-state index in [-0.39, 0.29) is 17.2 Å². The van der Waals surface area contributed by atoms with Crippen LogP contribution in [0.5, 0.6) is 0 Å². The summed E-state index contributed by atoms with van der Waals surface area (Å²) in [5, 5.41) is 0. The normalized spacial score (nSPS) is 23.0. The Morgan fingerprint density at radius 3 is 2.77 bits per heavy atom. The summed E-state index contributed by atoms with van der Waals surface area (Å²) < 4.78 is 5.13. The van der Waals surface area contributed by atoms with E-state index in [9.17, 15) is 9.59 Å². The van der Waals surface area contributed by atoms with Crippen LogP contribution in [0.25, 0.3) is 0 Å². The number of rotatable bonds is 7. The minimum absolute atomic E-state index is 0.194. The number of nitrogens with zero attached hydrogens (tertiary/aromatic N) is 2. The summed E-state index contributed by atoms with van der Waals surface area (Å²) in [5.41, 5.74) is 0.926. The maximum absolute atomic E-state index is 13.0. The highest BCUT2D eigenvalue weighted by atomic mass is 16.5. The van der Waals surface area contributed by atoms with Gasteiger partial charge in [0, 0.05) is 39.7 Å². The highest BCUT2D eigenvalue weighted by Gasteiger charge is 2.49. The summed E-state index contributed by atoms with van der Waals surface area (Å²) in [4.78, 5) is 29.4. The molecule has 2 amide bonds. The lowest BCUT2D eigenvalue weighted by atomic mass is 9.78. The van der Waals surface area contributed by atoms with Gasteiger partial charge in [-0.3, -0.25) is 9.59 Å². The van der Waals surface area contributed by atoms with Gasteiger partial charge < -0.3 is 14.5 Å². The fraction of sp³-hybridized carbons (Fsp3) is 0.619. The van der Waals surface area contributed by atoms with Crippen LogP contribution in [0.15, 0.2) is 30.3 Å². The molecule has 1 atom stereocenters. The van der Waals surface area contributed by atoms with Gasteiger partial charge in [-0.15, -0.1) is 0 Å². The van der Waals surface area contributed by atoms with Gasteiger partial charge in [-0.25, -0.2) is 0 Å². The van der Waals surface area contributed by atoms with Crippen LogP contribution in [-0.4, -0.2) is 61.5 Å². The quantitative estimate of drug-likeness (QED) is 0.752. The van der Waals surface area contributed by atoms with Gasteiger partial charge in [0.2, 0.25) is 11.8 Å². The van der Waals surface area contributed by atoms with E-state index in [4.69, 9.17) is 4.74 Å². The smallest absolute Gasteiger partial charge is 0.230 e. The molecule has 142 valence electrons. The van der Waals surface area contributed by atoms with Gasteiger partial charge in [0.15, 0.2) is 0 Å². The third-order valence-corrected chi connectivity index (χ3v) is 5.80. The van der Waals surface area contributed by atoms with Crippen LogP contribution in [0.2, 0.25) is 0 Å². The molecule has 0 saturated carbocycles. The first-order valence-electron chi connectivity index (χ1n) is 9.75. The zero-order chi connectivity index (χ0) is 18.4.